The van der Waals surface area contributed by atoms with Gasteiger partial charge in [0, 0.05) is 11.7 Å². The van der Waals surface area contributed by atoms with Gasteiger partial charge in [-0.05, 0) is 43.9 Å². The van der Waals surface area contributed by atoms with Gasteiger partial charge < -0.3 is 15.5 Å². The van der Waals surface area contributed by atoms with Crippen molar-refractivity contribution in [2.24, 2.45) is 0 Å². The third-order valence-electron chi connectivity index (χ3n) is 4.75. The lowest BCUT2D eigenvalue weighted by molar-refractivity contribution is -0.862. The molecule has 1 aliphatic rings. The first-order valence-electron chi connectivity index (χ1n) is 9.13. The molecule has 7 nitrogen and oxygen atoms in total. The average molecular weight is 361 g/mol. The van der Waals surface area contributed by atoms with Gasteiger partial charge in [0.15, 0.2) is 13.1 Å². The second-order valence-corrected chi connectivity index (χ2v) is 7.11. The van der Waals surface area contributed by atoms with E-state index in [-0.39, 0.29) is 25.0 Å². The first-order chi connectivity index (χ1) is 12.3. The van der Waals surface area contributed by atoms with Crippen LogP contribution in [0.25, 0.3) is 0 Å². The van der Waals surface area contributed by atoms with Crippen molar-refractivity contribution in [3.63, 3.8) is 0 Å². The highest BCUT2D eigenvalue weighted by Gasteiger charge is 2.20. The van der Waals surface area contributed by atoms with Crippen LogP contribution in [0.4, 0.5) is 10.5 Å². The Morgan fingerprint density at radius 2 is 1.73 bits per heavy atom. The zero-order valence-electron chi connectivity index (χ0n) is 15.8. The normalized spacial score (nSPS) is 15.3. The Balaban J connectivity index is 1.73. The third-order valence-corrected chi connectivity index (χ3v) is 4.75. The highest BCUT2D eigenvalue weighted by atomic mass is 16.2. The fourth-order valence-electron chi connectivity index (χ4n) is 3.15. The molecule has 0 saturated heterocycles. The number of anilines is 1. The summed E-state index contributed by atoms with van der Waals surface area (Å²) in [5.41, 5.74) is 2.92. The number of hydrogen-bond donors (Lipinski definition) is 4. The number of amides is 4. The standard InChI is InChI=1S/C19H28N4O3/c1-13-7-6-10-16(14(13)2)21-17(24)11-23(3)12-18(25)22-19(26)20-15-8-4-5-9-15/h6-7,10,15H,4-5,8-9,11-12H2,1-3H3,(H,21,24)(H2,20,22,25,26)/p+1. The van der Waals surface area contributed by atoms with Crippen molar-refractivity contribution < 1.29 is 19.3 Å². The van der Waals surface area contributed by atoms with Gasteiger partial charge in [0.1, 0.15) is 0 Å². The van der Waals surface area contributed by atoms with Gasteiger partial charge in [0.25, 0.3) is 11.8 Å². The molecular formula is C19H29N4O3+. The number of nitrogens with one attached hydrogen (secondary N) is 4. The van der Waals surface area contributed by atoms with Gasteiger partial charge in [-0.3, -0.25) is 14.9 Å². The number of benzene rings is 1. The quantitative estimate of drug-likeness (QED) is 0.595. The second-order valence-electron chi connectivity index (χ2n) is 7.11. The first kappa shape index (κ1) is 19.9. The molecule has 7 heteroatoms. The van der Waals surface area contributed by atoms with E-state index < -0.39 is 11.9 Å². The zero-order valence-corrected chi connectivity index (χ0v) is 15.8. The van der Waals surface area contributed by atoms with E-state index in [9.17, 15) is 14.4 Å². The number of urea groups is 1. The van der Waals surface area contributed by atoms with E-state index in [2.05, 4.69) is 16.0 Å². The van der Waals surface area contributed by atoms with Crippen molar-refractivity contribution in [3.8, 4) is 0 Å². The molecule has 1 fully saturated rings. The molecule has 0 aromatic heterocycles. The highest BCUT2D eigenvalue weighted by molar-refractivity contribution is 5.95. The topological polar surface area (TPSA) is 91.7 Å². The Bertz CT molecular complexity index is 669. The summed E-state index contributed by atoms with van der Waals surface area (Å²) in [6, 6.07) is 5.45. The van der Waals surface area contributed by atoms with Crippen molar-refractivity contribution in [1.82, 2.24) is 10.6 Å². The molecule has 1 atom stereocenters. The lowest BCUT2D eigenvalue weighted by atomic mass is 10.1. The molecule has 26 heavy (non-hydrogen) atoms. The third kappa shape index (κ3) is 6.15. The maximum Gasteiger partial charge on any atom is 0.321 e. The van der Waals surface area contributed by atoms with Crippen molar-refractivity contribution in [1.29, 1.82) is 0 Å². The number of quaternary nitrogens is 1. The van der Waals surface area contributed by atoms with E-state index >= 15 is 0 Å². The maximum absolute atomic E-state index is 12.2. The van der Waals surface area contributed by atoms with Gasteiger partial charge in [-0.25, -0.2) is 4.79 Å². The maximum atomic E-state index is 12.2. The van der Waals surface area contributed by atoms with Crippen LogP contribution in [-0.2, 0) is 9.59 Å². The lowest BCUT2D eigenvalue weighted by Gasteiger charge is -2.16. The minimum absolute atomic E-state index is 0.0539. The van der Waals surface area contributed by atoms with Gasteiger partial charge >= 0.3 is 6.03 Å². The molecule has 1 unspecified atom stereocenters. The van der Waals surface area contributed by atoms with Crippen molar-refractivity contribution in [3.05, 3.63) is 29.3 Å². The summed E-state index contributed by atoms with van der Waals surface area (Å²) in [5.74, 6) is -0.558. The molecular weight excluding hydrogens is 332 g/mol. The number of hydrogen-bond acceptors (Lipinski definition) is 3. The van der Waals surface area contributed by atoms with Crippen LogP contribution < -0.4 is 20.9 Å². The molecule has 2 rings (SSSR count). The van der Waals surface area contributed by atoms with E-state index in [1.54, 1.807) is 7.05 Å². The average Bonchev–Trinajstić information content (AvgIpc) is 3.04. The number of carbonyl (C=O) groups is 3. The van der Waals surface area contributed by atoms with Crippen molar-refractivity contribution in [2.75, 3.05) is 25.5 Å². The summed E-state index contributed by atoms with van der Waals surface area (Å²) in [7, 11) is 1.75. The molecule has 4 amide bonds. The summed E-state index contributed by atoms with van der Waals surface area (Å²) in [6.07, 6.45) is 4.15. The first-order valence-corrected chi connectivity index (χ1v) is 9.13. The van der Waals surface area contributed by atoms with E-state index in [1.165, 1.54) is 0 Å². The molecule has 0 aliphatic heterocycles. The molecule has 1 aromatic rings. The van der Waals surface area contributed by atoms with Gasteiger partial charge in [0.2, 0.25) is 0 Å². The van der Waals surface area contributed by atoms with Gasteiger partial charge in [-0.2, -0.15) is 0 Å². The Morgan fingerprint density at radius 1 is 1.08 bits per heavy atom. The summed E-state index contributed by atoms with van der Waals surface area (Å²) in [6.45, 7) is 4.14. The Kier molecular flexibility index (Phi) is 7.15. The lowest BCUT2D eigenvalue weighted by Crippen LogP contribution is -3.11. The fraction of sp³-hybridized carbons (Fsp3) is 0.526. The smallest absolute Gasteiger partial charge is 0.321 e. The van der Waals surface area contributed by atoms with Crippen molar-refractivity contribution >= 4 is 23.5 Å². The van der Waals surface area contributed by atoms with Crippen LogP contribution in [0.2, 0.25) is 0 Å². The van der Waals surface area contributed by atoms with E-state index in [0.717, 1.165) is 42.5 Å². The van der Waals surface area contributed by atoms with Crippen molar-refractivity contribution in [2.45, 2.75) is 45.6 Å². The molecule has 1 aliphatic carbocycles. The SMILES string of the molecule is Cc1cccc(NC(=O)C[NH+](C)CC(=O)NC(=O)NC2CCCC2)c1C. The Labute approximate surface area is 154 Å². The Morgan fingerprint density at radius 3 is 2.42 bits per heavy atom. The summed E-state index contributed by atoms with van der Waals surface area (Å²) in [4.78, 5) is 36.6. The molecule has 1 aromatic carbocycles. The number of rotatable bonds is 6. The predicted molar refractivity (Wildman–Crippen MR) is 100 cm³/mol. The highest BCUT2D eigenvalue weighted by Crippen LogP contribution is 2.18. The molecule has 0 heterocycles. The minimum Gasteiger partial charge on any atom is -0.335 e. The second kappa shape index (κ2) is 9.33. The van der Waals surface area contributed by atoms with E-state index in [4.69, 9.17) is 0 Å². The minimum atomic E-state index is -0.450. The molecule has 0 bridgehead atoms. The summed E-state index contributed by atoms with van der Waals surface area (Å²) < 4.78 is 0. The summed E-state index contributed by atoms with van der Waals surface area (Å²) >= 11 is 0. The number of likely N-dealkylation sites (N-methyl/N-ethyl adjacent to an activating group) is 1. The van der Waals surface area contributed by atoms with Crippen LogP contribution in [0, 0.1) is 13.8 Å². The van der Waals surface area contributed by atoms with Crippen LogP contribution in [-0.4, -0.2) is 44.0 Å². The fourth-order valence-corrected chi connectivity index (χ4v) is 3.15. The van der Waals surface area contributed by atoms with Gasteiger partial charge in [-0.1, -0.05) is 25.0 Å². The van der Waals surface area contributed by atoms with Crippen LogP contribution in [0.5, 0.6) is 0 Å². The predicted octanol–water partition coefficient (Wildman–Crippen LogP) is 0.525. The van der Waals surface area contributed by atoms with E-state index in [0.29, 0.717) is 4.90 Å². The Hall–Kier alpha value is -2.41. The molecule has 1 saturated carbocycles. The number of aryl methyl sites for hydroxylation is 1. The number of carbonyl (C=O) groups excluding carboxylic acids is 3. The monoisotopic (exact) mass is 361 g/mol. The molecule has 0 radical (unpaired) electrons. The summed E-state index contributed by atoms with van der Waals surface area (Å²) in [5, 5.41) is 8.02. The van der Waals surface area contributed by atoms with Crippen LogP contribution in [0.3, 0.4) is 0 Å². The number of imide groups is 1. The molecule has 0 spiro atoms. The largest absolute Gasteiger partial charge is 0.335 e. The van der Waals surface area contributed by atoms with Gasteiger partial charge in [-0.15, -0.1) is 0 Å². The molecule has 4 N–H and O–H groups in total. The van der Waals surface area contributed by atoms with Crippen LogP contribution >= 0.6 is 0 Å². The van der Waals surface area contributed by atoms with Gasteiger partial charge in [0.05, 0.1) is 7.05 Å². The van der Waals surface area contributed by atoms with E-state index in [1.807, 2.05) is 32.0 Å². The van der Waals surface area contributed by atoms with Crippen LogP contribution in [0.1, 0.15) is 36.8 Å². The van der Waals surface area contributed by atoms with Crippen LogP contribution in [0.15, 0.2) is 18.2 Å². The molecule has 142 valence electrons. The zero-order chi connectivity index (χ0) is 19.1.